The molecule has 2 fully saturated rings. The number of rotatable bonds is 4. The molecule has 2 aliphatic rings. The first-order chi connectivity index (χ1) is 14.2. The summed E-state index contributed by atoms with van der Waals surface area (Å²) in [5.74, 6) is 0.852. The van der Waals surface area contributed by atoms with Crippen LogP contribution in [0.4, 0.5) is 5.82 Å². The maximum Gasteiger partial charge on any atom is 0.253 e. The Labute approximate surface area is 171 Å². The van der Waals surface area contributed by atoms with E-state index in [-0.39, 0.29) is 17.9 Å². The lowest BCUT2D eigenvalue weighted by molar-refractivity contribution is 0.0746. The van der Waals surface area contributed by atoms with Crippen molar-refractivity contribution in [3.63, 3.8) is 0 Å². The number of hydrogen-bond acceptors (Lipinski definition) is 4. The van der Waals surface area contributed by atoms with Crippen LogP contribution in [0, 0.1) is 0 Å². The van der Waals surface area contributed by atoms with Gasteiger partial charge in [0.1, 0.15) is 5.82 Å². The number of aromatic nitrogens is 1. The molecule has 1 saturated heterocycles. The van der Waals surface area contributed by atoms with Gasteiger partial charge in [-0.3, -0.25) is 9.59 Å². The fourth-order valence-corrected chi connectivity index (χ4v) is 4.17. The third kappa shape index (κ3) is 4.75. The van der Waals surface area contributed by atoms with Crippen LogP contribution < -0.4 is 10.2 Å². The zero-order valence-corrected chi connectivity index (χ0v) is 16.7. The van der Waals surface area contributed by atoms with Crippen LogP contribution in [0.5, 0.6) is 0 Å². The largest absolute Gasteiger partial charge is 0.353 e. The zero-order valence-electron chi connectivity index (χ0n) is 16.7. The first-order valence-electron chi connectivity index (χ1n) is 10.6. The van der Waals surface area contributed by atoms with Crippen LogP contribution >= 0.6 is 0 Å². The second-order valence-corrected chi connectivity index (χ2v) is 7.86. The van der Waals surface area contributed by atoms with E-state index in [0.717, 1.165) is 31.7 Å². The summed E-state index contributed by atoms with van der Waals surface area (Å²) in [5, 5.41) is 3.13. The Morgan fingerprint density at radius 1 is 0.897 bits per heavy atom. The monoisotopic (exact) mass is 392 g/mol. The standard InChI is InChI=1S/C23H28N4O2/c28-22(25-20-9-2-1-3-10-20)18-7-6-8-19(17-18)23(29)27-15-13-26(14-16-27)21-11-4-5-12-24-21/h4-8,11-12,17,20H,1-3,9-10,13-16H2,(H,25,28). The number of anilines is 1. The first kappa shape index (κ1) is 19.4. The van der Waals surface area contributed by atoms with Crippen molar-refractivity contribution in [3.05, 3.63) is 59.8 Å². The molecule has 1 aromatic heterocycles. The molecular formula is C23H28N4O2. The molecule has 2 amide bonds. The van der Waals surface area contributed by atoms with E-state index in [2.05, 4.69) is 15.2 Å². The average Bonchev–Trinajstić information content (AvgIpc) is 2.80. The molecule has 1 aromatic carbocycles. The minimum absolute atomic E-state index is 0.0158. The predicted molar refractivity (Wildman–Crippen MR) is 113 cm³/mol. The van der Waals surface area contributed by atoms with Gasteiger partial charge in [0.25, 0.3) is 11.8 Å². The minimum Gasteiger partial charge on any atom is -0.353 e. The normalized spacial score (nSPS) is 17.8. The van der Waals surface area contributed by atoms with Gasteiger partial charge in [-0.2, -0.15) is 0 Å². The molecule has 29 heavy (non-hydrogen) atoms. The number of nitrogens with one attached hydrogen (secondary N) is 1. The summed E-state index contributed by atoms with van der Waals surface area (Å²) >= 11 is 0. The van der Waals surface area contributed by atoms with Gasteiger partial charge in [-0.05, 0) is 43.2 Å². The lowest BCUT2D eigenvalue weighted by Gasteiger charge is -2.35. The fourth-order valence-electron chi connectivity index (χ4n) is 4.17. The molecule has 2 aromatic rings. The summed E-state index contributed by atoms with van der Waals surface area (Å²) in [6.07, 6.45) is 7.48. The SMILES string of the molecule is O=C(NC1CCCCC1)c1cccc(C(=O)N2CCN(c3ccccn3)CC2)c1. The molecular weight excluding hydrogens is 364 g/mol. The number of carbonyl (C=O) groups excluding carboxylic acids is 2. The average molecular weight is 393 g/mol. The van der Waals surface area contributed by atoms with E-state index >= 15 is 0 Å². The smallest absolute Gasteiger partial charge is 0.253 e. The Kier molecular flexibility index (Phi) is 6.08. The molecule has 1 N–H and O–H groups in total. The van der Waals surface area contributed by atoms with Gasteiger partial charge in [-0.1, -0.05) is 31.4 Å². The van der Waals surface area contributed by atoms with E-state index < -0.39 is 0 Å². The van der Waals surface area contributed by atoms with Crippen LogP contribution in [0.25, 0.3) is 0 Å². The van der Waals surface area contributed by atoms with Crippen LogP contribution in [0.1, 0.15) is 52.8 Å². The van der Waals surface area contributed by atoms with E-state index in [9.17, 15) is 9.59 Å². The molecule has 0 bridgehead atoms. The van der Waals surface area contributed by atoms with Gasteiger partial charge < -0.3 is 15.1 Å². The highest BCUT2D eigenvalue weighted by Gasteiger charge is 2.24. The lowest BCUT2D eigenvalue weighted by atomic mass is 9.95. The summed E-state index contributed by atoms with van der Waals surface area (Å²) in [4.78, 5) is 34.0. The maximum absolute atomic E-state index is 13.0. The third-order valence-electron chi connectivity index (χ3n) is 5.85. The highest BCUT2D eigenvalue weighted by atomic mass is 16.2. The number of amides is 2. The molecule has 6 heteroatoms. The van der Waals surface area contributed by atoms with Gasteiger partial charge in [0, 0.05) is 49.5 Å². The number of hydrogen-bond donors (Lipinski definition) is 1. The Balaban J connectivity index is 1.36. The van der Waals surface area contributed by atoms with Crippen molar-refractivity contribution in [2.24, 2.45) is 0 Å². The summed E-state index contributed by atoms with van der Waals surface area (Å²) in [5.41, 5.74) is 1.14. The predicted octanol–water partition coefficient (Wildman–Crippen LogP) is 3.11. The molecule has 6 nitrogen and oxygen atoms in total. The van der Waals surface area contributed by atoms with E-state index in [1.54, 1.807) is 30.5 Å². The number of benzene rings is 1. The van der Waals surface area contributed by atoms with E-state index in [1.165, 1.54) is 19.3 Å². The molecule has 1 saturated carbocycles. The highest BCUT2D eigenvalue weighted by Crippen LogP contribution is 2.19. The molecule has 0 unspecified atom stereocenters. The van der Waals surface area contributed by atoms with E-state index in [1.807, 2.05) is 23.1 Å². The second-order valence-electron chi connectivity index (χ2n) is 7.86. The van der Waals surface area contributed by atoms with Crippen LogP contribution in [0.3, 0.4) is 0 Å². The van der Waals surface area contributed by atoms with Crippen molar-refractivity contribution >= 4 is 17.6 Å². The first-order valence-corrected chi connectivity index (χ1v) is 10.6. The van der Waals surface area contributed by atoms with E-state index in [4.69, 9.17) is 0 Å². The van der Waals surface area contributed by atoms with Gasteiger partial charge in [-0.15, -0.1) is 0 Å². The van der Waals surface area contributed by atoms with Crippen molar-refractivity contribution in [1.82, 2.24) is 15.2 Å². The van der Waals surface area contributed by atoms with Gasteiger partial charge in [0.05, 0.1) is 0 Å². The molecule has 2 heterocycles. The van der Waals surface area contributed by atoms with Crippen LogP contribution in [0.15, 0.2) is 48.7 Å². The molecule has 4 rings (SSSR count). The van der Waals surface area contributed by atoms with Crippen LogP contribution in [0.2, 0.25) is 0 Å². The lowest BCUT2D eigenvalue weighted by Crippen LogP contribution is -2.49. The maximum atomic E-state index is 13.0. The topological polar surface area (TPSA) is 65.5 Å². The Hall–Kier alpha value is -2.89. The molecule has 0 atom stereocenters. The highest BCUT2D eigenvalue weighted by molar-refractivity contribution is 5.99. The van der Waals surface area contributed by atoms with Gasteiger partial charge >= 0.3 is 0 Å². The van der Waals surface area contributed by atoms with Crippen molar-refractivity contribution in [3.8, 4) is 0 Å². The number of carbonyl (C=O) groups is 2. The Bertz CT molecular complexity index is 841. The van der Waals surface area contributed by atoms with Gasteiger partial charge in [0.15, 0.2) is 0 Å². The Morgan fingerprint density at radius 2 is 1.66 bits per heavy atom. The molecule has 1 aliphatic heterocycles. The second kappa shape index (κ2) is 9.07. The van der Waals surface area contributed by atoms with Crippen molar-refractivity contribution in [2.75, 3.05) is 31.1 Å². The number of pyridine rings is 1. The van der Waals surface area contributed by atoms with Gasteiger partial charge in [-0.25, -0.2) is 4.98 Å². The Morgan fingerprint density at radius 3 is 2.38 bits per heavy atom. The summed E-state index contributed by atoms with van der Waals surface area (Å²) in [6.45, 7) is 2.80. The molecule has 0 spiro atoms. The van der Waals surface area contributed by atoms with Crippen molar-refractivity contribution in [2.45, 2.75) is 38.1 Å². The fraction of sp³-hybridized carbons (Fsp3) is 0.435. The van der Waals surface area contributed by atoms with E-state index in [0.29, 0.717) is 24.2 Å². The number of nitrogens with zero attached hydrogens (tertiary/aromatic N) is 3. The summed E-state index contributed by atoms with van der Waals surface area (Å²) in [7, 11) is 0. The molecule has 152 valence electrons. The van der Waals surface area contributed by atoms with Crippen molar-refractivity contribution in [1.29, 1.82) is 0 Å². The summed E-state index contributed by atoms with van der Waals surface area (Å²) < 4.78 is 0. The molecule has 0 radical (unpaired) electrons. The van der Waals surface area contributed by atoms with Crippen LogP contribution in [-0.2, 0) is 0 Å². The van der Waals surface area contributed by atoms with Gasteiger partial charge in [0.2, 0.25) is 0 Å². The van der Waals surface area contributed by atoms with Crippen LogP contribution in [-0.4, -0.2) is 53.9 Å². The zero-order chi connectivity index (χ0) is 20.1. The van der Waals surface area contributed by atoms with Crippen molar-refractivity contribution < 1.29 is 9.59 Å². The third-order valence-corrected chi connectivity index (χ3v) is 5.85. The quantitative estimate of drug-likeness (QED) is 0.868. The minimum atomic E-state index is -0.0773. The number of piperazine rings is 1. The summed E-state index contributed by atoms with van der Waals surface area (Å²) in [6, 6.07) is 13.2. The molecule has 1 aliphatic carbocycles.